The average Bonchev–Trinajstić information content (AvgIpc) is 3.13. The zero-order chi connectivity index (χ0) is 16.4. The number of aromatic nitrogens is 4. The van der Waals surface area contributed by atoms with Crippen LogP contribution in [0.2, 0.25) is 5.02 Å². The summed E-state index contributed by atoms with van der Waals surface area (Å²) in [5.41, 5.74) is 1.54. The highest BCUT2D eigenvalue weighted by Crippen LogP contribution is 2.29. The molecule has 6 nitrogen and oxygen atoms in total. The number of hydrogen-bond acceptors (Lipinski definition) is 6. The van der Waals surface area contributed by atoms with E-state index in [9.17, 15) is 4.79 Å². The minimum Gasteiger partial charge on any atom is -0.290 e. The molecule has 2 aromatic heterocycles. The number of aryl methyl sites for hydroxylation is 1. The lowest BCUT2D eigenvalue weighted by molar-refractivity contribution is 0.102. The maximum Gasteiger partial charge on any atom is 0.270 e. The first-order valence-electron chi connectivity index (χ1n) is 6.58. The van der Waals surface area contributed by atoms with Crippen LogP contribution in [0.15, 0.2) is 29.4 Å². The first-order chi connectivity index (χ1) is 11.1. The molecule has 0 radical (unpaired) electrons. The zero-order valence-corrected chi connectivity index (χ0v) is 14.6. The fourth-order valence-electron chi connectivity index (χ4n) is 1.91. The van der Waals surface area contributed by atoms with Gasteiger partial charge in [-0.15, -0.1) is 16.4 Å². The van der Waals surface area contributed by atoms with Gasteiger partial charge in [0.25, 0.3) is 5.91 Å². The van der Waals surface area contributed by atoms with Gasteiger partial charge in [0, 0.05) is 10.6 Å². The molecule has 3 aromatic rings. The maximum absolute atomic E-state index is 12.4. The molecule has 0 aliphatic rings. The number of carbonyl (C=O) groups is 1. The number of halogens is 1. The van der Waals surface area contributed by atoms with Gasteiger partial charge in [-0.1, -0.05) is 35.5 Å². The Bertz CT molecular complexity index is 860. The molecule has 0 fully saturated rings. The van der Waals surface area contributed by atoms with Crippen molar-refractivity contribution >= 4 is 46.6 Å². The van der Waals surface area contributed by atoms with Crippen LogP contribution < -0.4 is 5.32 Å². The van der Waals surface area contributed by atoms with Crippen LogP contribution in [-0.2, 0) is 0 Å². The summed E-state index contributed by atoms with van der Waals surface area (Å²) in [5, 5.41) is 11.3. The molecular weight excluding hydrogens is 354 g/mol. The number of carbonyl (C=O) groups excluding carboxylic acids is 1. The normalized spacial score (nSPS) is 10.7. The number of nitrogens with zero attached hydrogens (tertiary/aromatic N) is 3. The van der Waals surface area contributed by atoms with E-state index >= 15 is 0 Å². The fraction of sp³-hybridized carbons (Fsp3) is 0.143. The second-order valence-corrected chi connectivity index (χ2v) is 6.78. The van der Waals surface area contributed by atoms with Gasteiger partial charge < -0.3 is 0 Å². The smallest absolute Gasteiger partial charge is 0.270 e. The van der Waals surface area contributed by atoms with Crippen molar-refractivity contribution in [2.45, 2.75) is 12.1 Å². The molecule has 2 heterocycles. The Morgan fingerprint density at radius 2 is 2.22 bits per heavy atom. The molecule has 118 valence electrons. The van der Waals surface area contributed by atoms with E-state index in [4.69, 9.17) is 11.6 Å². The number of nitrogens with one attached hydrogen (secondary N) is 2. The van der Waals surface area contributed by atoms with Gasteiger partial charge >= 0.3 is 0 Å². The van der Waals surface area contributed by atoms with E-state index in [0.717, 1.165) is 10.6 Å². The van der Waals surface area contributed by atoms with E-state index in [-0.39, 0.29) is 5.91 Å². The van der Waals surface area contributed by atoms with Crippen LogP contribution >= 0.6 is 34.7 Å². The topological polar surface area (TPSA) is 83.6 Å². The molecule has 0 unspecified atom stereocenters. The van der Waals surface area contributed by atoms with Gasteiger partial charge in [0.15, 0.2) is 0 Å². The number of aromatic amines is 1. The van der Waals surface area contributed by atoms with Crippen molar-refractivity contribution in [3.8, 4) is 10.6 Å². The molecule has 0 aliphatic carbocycles. The quantitative estimate of drug-likeness (QED) is 0.686. The summed E-state index contributed by atoms with van der Waals surface area (Å²) in [6, 6.07) is 7.38. The highest BCUT2D eigenvalue weighted by atomic mass is 35.5. The van der Waals surface area contributed by atoms with Gasteiger partial charge in [0.1, 0.15) is 9.88 Å². The Hall–Kier alpha value is -1.90. The van der Waals surface area contributed by atoms with Gasteiger partial charge in [-0.05, 0) is 25.3 Å². The van der Waals surface area contributed by atoms with Gasteiger partial charge in [0.05, 0.1) is 5.69 Å². The molecule has 3 rings (SSSR count). The van der Waals surface area contributed by atoms with Crippen LogP contribution in [0.4, 0.5) is 5.95 Å². The van der Waals surface area contributed by atoms with Crippen molar-refractivity contribution in [3.05, 3.63) is 39.9 Å². The minimum absolute atomic E-state index is 0.267. The third kappa shape index (κ3) is 3.54. The fourth-order valence-corrected chi connectivity index (χ4v) is 3.38. The van der Waals surface area contributed by atoms with Crippen molar-refractivity contribution in [2.24, 2.45) is 0 Å². The molecule has 0 atom stereocenters. The third-order valence-corrected chi connectivity index (χ3v) is 4.94. The standard InChI is InChI=1S/C14H12ClN5OS2/c1-7-10(11(21)17-13-18-14(22-2)20-19-13)23-12(16-7)8-4-3-5-9(15)6-8/h3-6H,1-2H3,(H2,17,18,19,20,21). The molecule has 0 saturated heterocycles. The van der Waals surface area contributed by atoms with Gasteiger partial charge in [0.2, 0.25) is 11.1 Å². The summed E-state index contributed by atoms with van der Waals surface area (Å²) in [6.07, 6.45) is 1.86. The summed E-state index contributed by atoms with van der Waals surface area (Å²) >= 11 is 8.71. The number of amides is 1. The molecular formula is C14H12ClN5OS2. The Balaban J connectivity index is 1.84. The van der Waals surface area contributed by atoms with Crippen LogP contribution in [0.25, 0.3) is 10.6 Å². The van der Waals surface area contributed by atoms with E-state index in [2.05, 4.69) is 25.5 Å². The molecule has 1 aromatic carbocycles. The Kier molecular flexibility index (Phi) is 4.65. The van der Waals surface area contributed by atoms with Crippen LogP contribution in [-0.4, -0.2) is 32.3 Å². The number of benzene rings is 1. The lowest BCUT2D eigenvalue weighted by Gasteiger charge is -1.98. The van der Waals surface area contributed by atoms with E-state index < -0.39 is 0 Å². The van der Waals surface area contributed by atoms with Gasteiger partial charge in [-0.25, -0.2) is 10.1 Å². The highest BCUT2D eigenvalue weighted by molar-refractivity contribution is 7.98. The number of hydrogen-bond donors (Lipinski definition) is 2. The number of thioether (sulfide) groups is 1. The largest absolute Gasteiger partial charge is 0.290 e. The molecule has 1 amide bonds. The Morgan fingerprint density at radius 3 is 2.91 bits per heavy atom. The summed E-state index contributed by atoms with van der Waals surface area (Å²) < 4.78 is 0. The second-order valence-electron chi connectivity index (χ2n) is 4.57. The summed E-state index contributed by atoms with van der Waals surface area (Å²) in [5.74, 6) is 0.0496. The lowest BCUT2D eigenvalue weighted by atomic mass is 10.2. The third-order valence-electron chi connectivity index (χ3n) is 2.95. The number of thiazole rings is 1. The molecule has 0 saturated carbocycles. The van der Waals surface area contributed by atoms with Crippen LogP contribution in [0, 0.1) is 6.92 Å². The van der Waals surface area contributed by atoms with Crippen molar-refractivity contribution in [1.29, 1.82) is 0 Å². The molecule has 0 spiro atoms. The van der Waals surface area contributed by atoms with Crippen molar-refractivity contribution in [3.63, 3.8) is 0 Å². The Morgan fingerprint density at radius 1 is 1.39 bits per heavy atom. The predicted molar refractivity (Wildman–Crippen MR) is 93.4 cm³/mol. The summed E-state index contributed by atoms with van der Waals surface area (Å²) in [6.45, 7) is 1.80. The van der Waals surface area contributed by atoms with E-state index in [1.807, 2.05) is 24.5 Å². The maximum atomic E-state index is 12.4. The first kappa shape index (κ1) is 16.0. The van der Waals surface area contributed by atoms with Crippen molar-refractivity contribution in [1.82, 2.24) is 20.2 Å². The molecule has 0 aliphatic heterocycles. The van der Waals surface area contributed by atoms with E-state index in [0.29, 0.717) is 26.7 Å². The zero-order valence-electron chi connectivity index (χ0n) is 12.3. The monoisotopic (exact) mass is 365 g/mol. The van der Waals surface area contributed by atoms with Crippen LogP contribution in [0.3, 0.4) is 0 Å². The number of H-pyrrole nitrogens is 1. The summed E-state index contributed by atoms with van der Waals surface area (Å²) in [7, 11) is 0. The van der Waals surface area contributed by atoms with Crippen molar-refractivity contribution in [2.75, 3.05) is 11.6 Å². The minimum atomic E-state index is -0.267. The lowest BCUT2D eigenvalue weighted by Crippen LogP contribution is -2.12. The predicted octanol–water partition coefficient (Wildman–Crippen LogP) is 3.86. The second kappa shape index (κ2) is 6.69. The highest BCUT2D eigenvalue weighted by Gasteiger charge is 2.17. The summed E-state index contributed by atoms with van der Waals surface area (Å²) in [4.78, 5) is 21.5. The first-order valence-corrected chi connectivity index (χ1v) is 9.00. The molecule has 9 heteroatoms. The number of rotatable bonds is 4. The van der Waals surface area contributed by atoms with Crippen LogP contribution in [0.1, 0.15) is 15.4 Å². The number of anilines is 1. The van der Waals surface area contributed by atoms with Gasteiger partial charge in [-0.2, -0.15) is 4.98 Å². The average molecular weight is 366 g/mol. The molecule has 23 heavy (non-hydrogen) atoms. The van der Waals surface area contributed by atoms with E-state index in [1.165, 1.54) is 23.1 Å². The molecule has 0 bridgehead atoms. The van der Waals surface area contributed by atoms with Crippen LogP contribution in [0.5, 0.6) is 0 Å². The SMILES string of the molecule is CSc1n[nH]c(NC(=O)c2sc(-c3cccc(Cl)c3)nc2C)n1. The Labute approximate surface area is 145 Å². The molecule has 2 N–H and O–H groups in total. The van der Waals surface area contributed by atoms with Gasteiger partial charge in [-0.3, -0.25) is 10.1 Å². The van der Waals surface area contributed by atoms with Crippen molar-refractivity contribution < 1.29 is 4.79 Å². The van der Waals surface area contributed by atoms with E-state index in [1.54, 1.807) is 13.0 Å².